The molecule has 18 aromatic carbocycles. The minimum atomic E-state index is 0.920. The Hall–Kier alpha value is -13.9. The second kappa shape index (κ2) is 31.1. The Morgan fingerprint density at radius 1 is 0.135 bits per heavy atom. The Morgan fingerprint density at radius 3 is 0.794 bits per heavy atom. The number of thiophene rings is 8. The molecule has 126 heavy (non-hydrogen) atoms. The molecule has 0 aliphatic carbocycles. The lowest BCUT2D eigenvalue weighted by atomic mass is 10.0. The summed E-state index contributed by atoms with van der Waals surface area (Å²) in [4.78, 5) is 7.17. The molecule has 0 spiro atoms. The normalized spacial score (nSPS) is 11.8. The molecule has 4 nitrogen and oxygen atoms in total. The van der Waals surface area contributed by atoms with Crippen LogP contribution >= 0.6 is 90.7 Å². The zero-order chi connectivity index (χ0) is 82.9. The van der Waals surface area contributed by atoms with Gasteiger partial charge in [0.15, 0.2) is 0 Å². The van der Waals surface area contributed by atoms with Crippen LogP contribution in [0.5, 0.6) is 0 Å². The van der Waals surface area contributed by atoms with Gasteiger partial charge in [0.05, 0.1) is 28.2 Å². The van der Waals surface area contributed by atoms with Gasteiger partial charge in [-0.05, 0) is 203 Å². The summed E-state index contributed by atoms with van der Waals surface area (Å²) in [6.07, 6.45) is 0. The maximum absolute atomic E-state index is 6.05. The molecule has 0 amide bonds. The maximum Gasteiger partial charge on any atom is 0.135 e. The molecule has 12 heteroatoms. The van der Waals surface area contributed by atoms with Crippen LogP contribution in [0.2, 0.25) is 0 Å². The van der Waals surface area contributed by atoms with Crippen molar-refractivity contribution in [1.82, 2.24) is 0 Å². The van der Waals surface area contributed by atoms with Gasteiger partial charge in [-0.3, -0.25) is 0 Å². The number of fused-ring (bicyclic) bond motifs is 24. The summed E-state index contributed by atoms with van der Waals surface area (Å²) in [5.41, 5.74) is 19.5. The van der Waals surface area contributed by atoms with Crippen LogP contribution in [0.4, 0.5) is 51.2 Å². The number of benzene rings is 18. The number of anilines is 9. The highest BCUT2D eigenvalue weighted by Gasteiger charge is 2.24. The first kappa shape index (κ1) is 74.7. The summed E-state index contributed by atoms with van der Waals surface area (Å²) in [5, 5.41) is 15.7. The van der Waals surface area contributed by atoms with Crippen molar-refractivity contribution in [1.29, 1.82) is 0 Å². The molecular weight excluding hydrogens is 1680 g/mol. The second-order valence-corrected chi connectivity index (χ2v) is 40.2. The highest BCUT2D eigenvalue weighted by Crippen LogP contribution is 2.53. The molecule has 0 bridgehead atoms. The highest BCUT2D eigenvalue weighted by atomic mass is 32.1. The summed E-state index contributed by atoms with van der Waals surface area (Å²) in [6, 6.07) is 152. The topological polar surface area (TPSA) is 22.9 Å². The van der Waals surface area contributed by atoms with Crippen molar-refractivity contribution in [3.63, 3.8) is 0 Å². The molecule has 0 unspecified atom stereocenters. The molecule has 0 radical (unpaired) electrons. The molecule has 9 aromatic heterocycles. The van der Waals surface area contributed by atoms with Gasteiger partial charge in [-0.2, -0.15) is 0 Å². The van der Waals surface area contributed by atoms with Gasteiger partial charge in [-0.15, -0.1) is 90.7 Å². The highest BCUT2D eigenvalue weighted by molar-refractivity contribution is 7.38. The number of hydrogen-bond donors (Lipinski definition) is 0. The lowest BCUT2D eigenvalue weighted by molar-refractivity contribution is 0.669. The molecule has 594 valence electrons. The van der Waals surface area contributed by atoms with Gasteiger partial charge >= 0.3 is 0 Å². The van der Waals surface area contributed by atoms with E-state index in [9.17, 15) is 0 Å². The maximum atomic E-state index is 6.05. The third kappa shape index (κ3) is 13.1. The molecule has 0 atom stereocenters. The van der Waals surface area contributed by atoms with Crippen molar-refractivity contribution in [2.24, 2.45) is 0 Å². The lowest BCUT2D eigenvalue weighted by Gasteiger charge is -2.26. The van der Waals surface area contributed by atoms with Crippen molar-refractivity contribution < 1.29 is 4.42 Å². The Morgan fingerprint density at radius 2 is 0.389 bits per heavy atom. The molecule has 0 saturated carbocycles. The van der Waals surface area contributed by atoms with E-state index >= 15 is 0 Å². The van der Waals surface area contributed by atoms with Gasteiger partial charge in [-0.1, -0.05) is 249 Å². The molecule has 27 rings (SSSR count). The van der Waals surface area contributed by atoms with E-state index in [0.717, 1.165) is 50.4 Å². The molecule has 0 saturated heterocycles. The van der Waals surface area contributed by atoms with Crippen molar-refractivity contribution in [3.05, 3.63) is 419 Å². The molecule has 0 N–H and O–H groups in total. The second-order valence-electron chi connectivity index (χ2n) is 31.7. The molecular formula is C114H69N3OS8. The van der Waals surface area contributed by atoms with Crippen LogP contribution in [0.25, 0.3) is 184 Å². The Labute approximate surface area is 756 Å². The van der Waals surface area contributed by atoms with Crippen LogP contribution in [-0.4, -0.2) is 0 Å². The van der Waals surface area contributed by atoms with Gasteiger partial charge in [0, 0.05) is 163 Å². The summed E-state index contributed by atoms with van der Waals surface area (Å²) < 4.78 is 27.8. The predicted octanol–water partition coefficient (Wildman–Crippen LogP) is 37.9. The molecule has 27 aromatic rings. The fraction of sp³-hybridized carbons (Fsp3) is 0. The van der Waals surface area contributed by atoms with Crippen LogP contribution in [0.1, 0.15) is 0 Å². The minimum absolute atomic E-state index is 0.920. The van der Waals surface area contributed by atoms with Crippen LogP contribution in [0.15, 0.2) is 423 Å². The average Bonchev–Trinajstić information content (AvgIpc) is 1.59. The number of furan rings is 1. The van der Waals surface area contributed by atoms with Gasteiger partial charge in [-0.25, -0.2) is 0 Å². The lowest BCUT2D eigenvalue weighted by Crippen LogP contribution is -2.09. The van der Waals surface area contributed by atoms with E-state index in [2.05, 4.69) is 421 Å². The van der Waals surface area contributed by atoms with E-state index in [-0.39, 0.29) is 0 Å². The largest absolute Gasteiger partial charge is 0.456 e. The van der Waals surface area contributed by atoms with Gasteiger partial charge in [0.2, 0.25) is 0 Å². The minimum Gasteiger partial charge on any atom is -0.456 e. The fourth-order valence-corrected chi connectivity index (χ4v) is 28.4. The van der Waals surface area contributed by atoms with Crippen molar-refractivity contribution in [3.8, 4) is 33.4 Å². The van der Waals surface area contributed by atoms with Crippen LogP contribution in [0, 0.1) is 0 Å². The molecule has 9 heterocycles. The van der Waals surface area contributed by atoms with E-state index in [4.69, 9.17) is 4.42 Å². The average molecular weight is 1750 g/mol. The van der Waals surface area contributed by atoms with Crippen molar-refractivity contribution in [2.75, 3.05) is 14.7 Å². The third-order valence-electron chi connectivity index (χ3n) is 24.2. The third-order valence-corrected chi connectivity index (χ3v) is 34.1. The Kier molecular flexibility index (Phi) is 18.5. The van der Waals surface area contributed by atoms with Crippen molar-refractivity contribution >= 4 is 293 Å². The summed E-state index contributed by atoms with van der Waals surface area (Å²) >= 11 is 15.2. The summed E-state index contributed by atoms with van der Waals surface area (Å²) in [5.74, 6) is 0. The number of para-hydroxylation sites is 2. The monoisotopic (exact) mass is 1750 g/mol. The number of rotatable bonds is 12. The Bertz CT molecular complexity index is 8530. The smallest absolute Gasteiger partial charge is 0.135 e. The van der Waals surface area contributed by atoms with Gasteiger partial charge in [0.25, 0.3) is 0 Å². The van der Waals surface area contributed by atoms with Crippen LogP contribution in [-0.2, 0) is 0 Å². The quantitative estimate of drug-likeness (QED) is 0.122. The SMILES string of the molecule is c1ccc(-c2ccc(N(c3ccc4c(c3)sc3c5ccccc5sc43)c3ccc4sc5ccccc5c4c3)cc2)cc1.c1ccc(-c2ccc(N(c3ccc4c(c3)sc3c5ccccc5sc43)c3ccc4sc5ccccc5c4c3)cc2)cc1.c1ccc(N(c2ccc(-c3ccc4oc5ccccc5c4c3)cc2)c2ccc3c(c2)sc2c4ccccc4sc32)cc1. The molecule has 0 aliphatic heterocycles. The van der Waals surface area contributed by atoms with Gasteiger partial charge in [0.1, 0.15) is 11.2 Å². The molecule has 0 fully saturated rings. The number of hydrogen-bond acceptors (Lipinski definition) is 12. The number of nitrogens with zero attached hydrogens (tertiary/aromatic N) is 3. The van der Waals surface area contributed by atoms with E-state index in [1.807, 2.05) is 103 Å². The van der Waals surface area contributed by atoms with Crippen LogP contribution in [0.3, 0.4) is 0 Å². The first-order valence-electron chi connectivity index (χ1n) is 42.0. The first-order valence-corrected chi connectivity index (χ1v) is 48.6. The molecule has 0 aliphatic rings. The standard InChI is InChI=1S/C38H23NOS2.2C38H23NS3/c1-2-8-26(9-3-1)39(28-19-20-31-36(23-28)42-37-30-11-5-7-13-35(30)41-38(31)37)27-17-14-24(15-18-27)25-16-21-34-32(22-25)29-10-4-6-12-33(29)40-34;2*1-2-8-24(9-3-1)25-14-16-26(17-15-25)39(27-19-21-35-32(22-27)29-10-4-6-12-33(29)40-35)28-18-20-31-36(23-28)42-37-30-11-5-7-13-34(30)41-38(31)37/h3*1-23H. The summed E-state index contributed by atoms with van der Waals surface area (Å²) in [6.45, 7) is 0. The van der Waals surface area contributed by atoms with Gasteiger partial charge < -0.3 is 19.1 Å². The van der Waals surface area contributed by atoms with E-state index in [1.165, 1.54) is 185 Å². The zero-order valence-corrected chi connectivity index (χ0v) is 73.9. The fourth-order valence-electron chi connectivity index (χ4n) is 18.2. The van der Waals surface area contributed by atoms with Crippen molar-refractivity contribution in [2.45, 2.75) is 0 Å². The van der Waals surface area contributed by atoms with E-state index in [1.54, 1.807) is 0 Å². The van der Waals surface area contributed by atoms with E-state index < -0.39 is 0 Å². The first-order chi connectivity index (χ1) is 62.4. The van der Waals surface area contributed by atoms with E-state index in [0.29, 0.717) is 0 Å². The van der Waals surface area contributed by atoms with Crippen LogP contribution < -0.4 is 14.7 Å². The summed E-state index contributed by atoms with van der Waals surface area (Å²) in [7, 11) is 0. The zero-order valence-electron chi connectivity index (χ0n) is 67.4. The predicted molar refractivity (Wildman–Crippen MR) is 558 cm³/mol. The Balaban J connectivity index is 0.000000103.